The number of thioether (sulfide) groups is 2. The Morgan fingerprint density at radius 3 is 1.30 bits per heavy atom. The maximum Gasteiger partial charge on any atom is 0.270 e. The van der Waals surface area contributed by atoms with Crippen molar-refractivity contribution in [2.24, 2.45) is 0 Å². The Bertz CT molecular complexity index is 2310. The molecule has 0 spiro atoms. The zero-order valence-corrected chi connectivity index (χ0v) is 27.9. The second-order valence-corrected chi connectivity index (χ2v) is 13.6. The standard InChI is InChI=1S/C42H22N4O2S2/c1-45-37(23-43)39-29-11-5-3-9-25(29)21-35-31(39)13-7-15-33(35)41(47)49-27-17-19-28(20-18-27)50-42(48)34-16-8-14-32-36(34)22-26-10-4-6-12-30(26)40(32)38(24-44)46-2/h3-20H,21-22H2/b39-37-,40-38+. The summed E-state index contributed by atoms with van der Waals surface area (Å²) in [5, 5.41) is 19.2. The lowest BCUT2D eigenvalue weighted by Gasteiger charge is -2.25. The van der Waals surface area contributed by atoms with Gasteiger partial charge in [0.15, 0.2) is 0 Å². The third kappa shape index (κ3) is 5.70. The highest BCUT2D eigenvalue weighted by atomic mass is 32.2. The summed E-state index contributed by atoms with van der Waals surface area (Å²) < 4.78 is 0. The van der Waals surface area contributed by atoms with Crippen LogP contribution in [0, 0.1) is 35.8 Å². The molecule has 0 atom stereocenters. The van der Waals surface area contributed by atoms with Crippen molar-refractivity contribution < 1.29 is 9.59 Å². The van der Waals surface area contributed by atoms with Gasteiger partial charge in [0.05, 0.1) is 25.3 Å². The molecule has 5 aromatic rings. The molecule has 0 aromatic heterocycles. The Hall–Kier alpha value is -6.42. The number of hydrogen-bond acceptors (Lipinski definition) is 6. The number of hydrogen-bond donors (Lipinski definition) is 0. The van der Waals surface area contributed by atoms with Gasteiger partial charge >= 0.3 is 0 Å². The topological polar surface area (TPSA) is 90.4 Å². The van der Waals surface area contributed by atoms with Crippen LogP contribution in [0.4, 0.5) is 0 Å². The van der Waals surface area contributed by atoms with Crippen molar-refractivity contribution in [1.82, 2.24) is 0 Å². The Balaban J connectivity index is 1.13. The van der Waals surface area contributed by atoms with E-state index < -0.39 is 0 Å². The lowest BCUT2D eigenvalue weighted by Crippen LogP contribution is -2.12. The molecule has 0 unspecified atom stereocenters. The quantitative estimate of drug-likeness (QED) is 0.105. The molecule has 0 aliphatic heterocycles. The molecular weight excluding hydrogens is 657 g/mol. The zero-order chi connectivity index (χ0) is 34.8. The summed E-state index contributed by atoms with van der Waals surface area (Å²) >= 11 is 2.17. The first-order valence-electron chi connectivity index (χ1n) is 15.4. The summed E-state index contributed by atoms with van der Waals surface area (Å²) in [7, 11) is 0. The lowest BCUT2D eigenvalue weighted by atomic mass is 9.79. The van der Waals surface area contributed by atoms with Crippen molar-refractivity contribution >= 4 is 44.9 Å². The monoisotopic (exact) mass is 678 g/mol. The average Bonchev–Trinajstić information content (AvgIpc) is 3.15. The van der Waals surface area contributed by atoms with E-state index in [0.717, 1.165) is 68.0 Å². The number of allylic oxidation sites excluding steroid dienone is 2. The van der Waals surface area contributed by atoms with E-state index in [1.165, 1.54) is 0 Å². The summed E-state index contributed by atoms with van der Waals surface area (Å²) in [6.07, 6.45) is 1.02. The molecule has 0 bridgehead atoms. The van der Waals surface area contributed by atoms with Gasteiger partial charge in [0, 0.05) is 32.1 Å². The van der Waals surface area contributed by atoms with E-state index in [4.69, 9.17) is 13.1 Å². The van der Waals surface area contributed by atoms with E-state index in [-0.39, 0.29) is 21.6 Å². The first-order valence-corrected chi connectivity index (χ1v) is 17.1. The van der Waals surface area contributed by atoms with Crippen molar-refractivity contribution in [2.45, 2.75) is 22.6 Å². The second-order valence-electron chi connectivity index (χ2n) is 11.5. The molecule has 0 N–H and O–H groups in total. The highest BCUT2D eigenvalue weighted by Crippen LogP contribution is 2.42. The maximum absolute atomic E-state index is 13.7. The van der Waals surface area contributed by atoms with E-state index in [9.17, 15) is 20.1 Å². The van der Waals surface area contributed by atoms with Gasteiger partial charge in [-0.3, -0.25) is 9.59 Å². The third-order valence-corrected chi connectivity index (χ3v) is 10.6. The van der Waals surface area contributed by atoms with Gasteiger partial charge in [-0.25, -0.2) is 20.2 Å². The van der Waals surface area contributed by atoms with Crippen LogP contribution < -0.4 is 0 Å². The molecule has 2 aliphatic carbocycles. The van der Waals surface area contributed by atoms with Gasteiger partial charge in [-0.2, -0.15) is 0 Å². The van der Waals surface area contributed by atoms with Crippen LogP contribution in [0.15, 0.2) is 130 Å². The average molecular weight is 679 g/mol. The summed E-state index contributed by atoms with van der Waals surface area (Å²) in [5.41, 5.74) is 8.74. The third-order valence-electron chi connectivity index (χ3n) is 8.79. The summed E-state index contributed by atoms with van der Waals surface area (Å²) in [5.74, 6) is 0. The van der Waals surface area contributed by atoms with Gasteiger partial charge in [-0.15, -0.1) is 0 Å². The molecular formula is C42H22N4O2S2. The Morgan fingerprint density at radius 2 is 0.920 bits per heavy atom. The van der Waals surface area contributed by atoms with Crippen LogP contribution in [0.5, 0.6) is 0 Å². The van der Waals surface area contributed by atoms with Crippen LogP contribution in [0.1, 0.15) is 65.2 Å². The predicted molar refractivity (Wildman–Crippen MR) is 195 cm³/mol. The Labute approximate surface area is 297 Å². The van der Waals surface area contributed by atoms with Crippen LogP contribution in [-0.2, 0) is 12.8 Å². The molecule has 0 amide bonds. The SMILES string of the molecule is [C-]#[N+]/C(C#N)=C1/c2ccccc2Cc2c(C(=O)Sc3ccc(SC(=O)c4cccc5c4Cc4ccccc4/C5=C(/C#N)[N+]#[C-])cc3)cccc21. The maximum atomic E-state index is 13.7. The first kappa shape index (κ1) is 32.1. The van der Waals surface area contributed by atoms with Crippen LogP contribution in [0.2, 0.25) is 0 Å². The molecule has 8 heteroatoms. The minimum atomic E-state index is -0.158. The normalized spacial score (nSPS) is 14.2. The molecule has 0 saturated carbocycles. The van der Waals surface area contributed by atoms with Crippen LogP contribution in [0.3, 0.4) is 0 Å². The fourth-order valence-electron chi connectivity index (χ4n) is 6.60. The van der Waals surface area contributed by atoms with Crippen molar-refractivity contribution in [3.63, 3.8) is 0 Å². The smallest absolute Gasteiger partial charge is 0.270 e. The van der Waals surface area contributed by atoms with Crippen LogP contribution in [-0.4, -0.2) is 10.2 Å². The summed E-state index contributed by atoms with van der Waals surface area (Å²) in [6.45, 7) is 15.2. The van der Waals surface area contributed by atoms with Gasteiger partial charge in [0.25, 0.3) is 11.4 Å². The molecule has 50 heavy (non-hydrogen) atoms. The van der Waals surface area contributed by atoms with E-state index >= 15 is 0 Å². The molecule has 0 radical (unpaired) electrons. The minimum absolute atomic E-state index is 0.00804. The van der Waals surface area contributed by atoms with E-state index in [2.05, 4.69) is 9.69 Å². The highest BCUT2D eigenvalue weighted by Gasteiger charge is 2.28. The number of nitrogens with zero attached hydrogens (tertiary/aromatic N) is 4. The van der Waals surface area contributed by atoms with Crippen molar-refractivity contribution in [3.8, 4) is 12.1 Å². The molecule has 234 valence electrons. The molecule has 6 nitrogen and oxygen atoms in total. The second kappa shape index (κ2) is 13.6. The minimum Gasteiger partial charge on any atom is -0.281 e. The van der Waals surface area contributed by atoms with E-state index in [1.54, 1.807) is 24.3 Å². The predicted octanol–water partition coefficient (Wildman–Crippen LogP) is 9.76. The van der Waals surface area contributed by atoms with Crippen LogP contribution in [0.25, 0.3) is 20.8 Å². The fourth-order valence-corrected chi connectivity index (χ4v) is 8.17. The largest absolute Gasteiger partial charge is 0.281 e. The molecule has 0 saturated heterocycles. The molecule has 0 heterocycles. The number of carbonyl (C=O) groups excluding carboxylic acids is 2. The number of benzene rings is 5. The molecule has 5 aromatic carbocycles. The van der Waals surface area contributed by atoms with E-state index in [0.29, 0.717) is 44.9 Å². The number of rotatable bonds is 4. The number of fused-ring (bicyclic) bond motifs is 4. The molecule has 7 rings (SSSR count). The zero-order valence-electron chi connectivity index (χ0n) is 26.2. The van der Waals surface area contributed by atoms with Crippen molar-refractivity contribution in [2.75, 3.05) is 0 Å². The summed E-state index contributed by atoms with van der Waals surface area (Å²) in [4.78, 5) is 35.9. The lowest BCUT2D eigenvalue weighted by molar-refractivity contribution is 0.108. The molecule has 2 aliphatic rings. The highest BCUT2D eigenvalue weighted by molar-refractivity contribution is 8.14. The van der Waals surface area contributed by atoms with Gasteiger partial charge in [0.2, 0.25) is 10.2 Å². The van der Waals surface area contributed by atoms with Gasteiger partial charge in [-0.05, 0) is 105 Å². The molecule has 0 fully saturated rings. The van der Waals surface area contributed by atoms with Gasteiger partial charge in [0.1, 0.15) is 0 Å². The van der Waals surface area contributed by atoms with E-state index in [1.807, 2.05) is 97.1 Å². The van der Waals surface area contributed by atoms with Crippen LogP contribution >= 0.6 is 23.5 Å². The summed E-state index contributed by atoms with van der Waals surface area (Å²) in [6, 6.07) is 37.5. The fraction of sp³-hybridized carbons (Fsp3) is 0.0476. The van der Waals surface area contributed by atoms with Gasteiger partial charge < -0.3 is 0 Å². The number of nitriles is 2. The number of carbonyl (C=O) groups is 2. The van der Waals surface area contributed by atoms with Crippen molar-refractivity contribution in [1.29, 1.82) is 10.5 Å². The Kier molecular flexibility index (Phi) is 8.74. The Morgan fingerprint density at radius 1 is 0.540 bits per heavy atom. The first-order chi connectivity index (χ1) is 24.4. The van der Waals surface area contributed by atoms with Crippen molar-refractivity contribution in [3.05, 3.63) is 199 Å². The van der Waals surface area contributed by atoms with Gasteiger partial charge in [-0.1, -0.05) is 84.9 Å².